The lowest BCUT2D eigenvalue weighted by Crippen LogP contribution is -2.40. The van der Waals surface area contributed by atoms with Crippen molar-refractivity contribution in [3.8, 4) is 0 Å². The van der Waals surface area contributed by atoms with Crippen LogP contribution in [0.15, 0.2) is 22.7 Å². The van der Waals surface area contributed by atoms with E-state index in [1.165, 1.54) is 22.2 Å². The molecule has 1 aromatic heterocycles. The molecule has 0 fully saturated rings. The van der Waals surface area contributed by atoms with Gasteiger partial charge in [0.2, 0.25) is 0 Å². The highest BCUT2D eigenvalue weighted by atomic mass is 79.9. The lowest BCUT2D eigenvalue weighted by molar-refractivity contribution is 0.0223. The van der Waals surface area contributed by atoms with Crippen molar-refractivity contribution in [2.24, 2.45) is 7.05 Å². The van der Waals surface area contributed by atoms with Crippen LogP contribution in [-0.4, -0.2) is 27.7 Å². The molecule has 0 saturated carbocycles. The maximum atomic E-state index is 12.3. The van der Waals surface area contributed by atoms with Crippen LogP contribution >= 0.6 is 15.9 Å². The van der Waals surface area contributed by atoms with E-state index in [2.05, 4.69) is 45.7 Å². The van der Waals surface area contributed by atoms with Crippen LogP contribution in [0.25, 0.3) is 10.9 Å². The van der Waals surface area contributed by atoms with Crippen molar-refractivity contribution in [1.82, 2.24) is 9.47 Å². The number of hydrogen-bond acceptors (Lipinski definition) is 2. The summed E-state index contributed by atoms with van der Waals surface area (Å²) in [6.07, 6.45) is 0.627. The summed E-state index contributed by atoms with van der Waals surface area (Å²) in [6, 6.07) is 6.31. The van der Waals surface area contributed by atoms with Crippen molar-refractivity contribution in [2.75, 3.05) is 6.54 Å². The van der Waals surface area contributed by atoms with Gasteiger partial charge >= 0.3 is 6.09 Å². The lowest BCUT2D eigenvalue weighted by atomic mass is 10.0. The van der Waals surface area contributed by atoms with E-state index in [-0.39, 0.29) is 6.09 Å². The Hall–Kier alpha value is -1.49. The molecule has 1 aromatic carbocycles. The normalized spacial score (nSPS) is 15.0. The Morgan fingerprint density at radius 3 is 2.73 bits per heavy atom. The van der Waals surface area contributed by atoms with E-state index in [0.29, 0.717) is 13.1 Å². The second kappa shape index (κ2) is 5.30. The van der Waals surface area contributed by atoms with Gasteiger partial charge in [0.1, 0.15) is 5.60 Å². The standard InChI is InChI=1S/C17H21BrN2O2/c1-17(2,3)22-16(21)20-8-7-15-13(10-20)12-9-11(18)5-6-14(12)19(15)4/h5-6,9H,7-8,10H2,1-4H3. The zero-order chi connectivity index (χ0) is 16.1. The van der Waals surface area contributed by atoms with Gasteiger partial charge < -0.3 is 14.2 Å². The topological polar surface area (TPSA) is 34.5 Å². The Bertz CT molecular complexity index is 743. The van der Waals surface area contributed by atoms with Crippen molar-refractivity contribution < 1.29 is 9.53 Å². The molecule has 118 valence electrons. The van der Waals surface area contributed by atoms with Crippen molar-refractivity contribution >= 4 is 32.9 Å². The minimum Gasteiger partial charge on any atom is -0.444 e. The number of amides is 1. The second-order valence-electron chi connectivity index (χ2n) is 6.80. The fraction of sp³-hybridized carbons (Fsp3) is 0.471. The highest BCUT2D eigenvalue weighted by molar-refractivity contribution is 9.10. The molecule has 2 heterocycles. The first kappa shape index (κ1) is 15.4. The van der Waals surface area contributed by atoms with E-state index in [9.17, 15) is 4.79 Å². The van der Waals surface area contributed by atoms with Crippen LogP contribution in [0.4, 0.5) is 4.79 Å². The van der Waals surface area contributed by atoms with Crippen LogP contribution in [0, 0.1) is 0 Å². The fourth-order valence-electron chi connectivity index (χ4n) is 3.03. The molecule has 22 heavy (non-hydrogen) atoms. The third-order valence-electron chi connectivity index (χ3n) is 4.02. The Labute approximate surface area is 139 Å². The molecule has 5 heteroatoms. The minimum atomic E-state index is -0.459. The number of rotatable bonds is 0. The predicted molar refractivity (Wildman–Crippen MR) is 91.0 cm³/mol. The molecular formula is C17H21BrN2O2. The molecule has 0 unspecified atom stereocenters. The number of aromatic nitrogens is 1. The molecule has 0 saturated heterocycles. The Morgan fingerprint density at radius 1 is 1.32 bits per heavy atom. The van der Waals surface area contributed by atoms with Crippen LogP contribution in [0.1, 0.15) is 32.0 Å². The summed E-state index contributed by atoms with van der Waals surface area (Å²) >= 11 is 3.54. The van der Waals surface area contributed by atoms with Gasteiger partial charge in [0, 0.05) is 46.6 Å². The smallest absolute Gasteiger partial charge is 0.410 e. The number of halogens is 1. The summed E-state index contributed by atoms with van der Waals surface area (Å²) < 4.78 is 8.80. The highest BCUT2D eigenvalue weighted by Crippen LogP contribution is 2.32. The summed E-state index contributed by atoms with van der Waals surface area (Å²) in [5.41, 5.74) is 3.29. The molecular weight excluding hydrogens is 344 g/mol. The zero-order valence-corrected chi connectivity index (χ0v) is 15.0. The van der Waals surface area contributed by atoms with Gasteiger partial charge in [-0.3, -0.25) is 0 Å². The number of nitrogens with zero attached hydrogens (tertiary/aromatic N) is 2. The largest absolute Gasteiger partial charge is 0.444 e. The summed E-state index contributed by atoms with van der Waals surface area (Å²) in [5.74, 6) is 0. The highest BCUT2D eigenvalue weighted by Gasteiger charge is 2.28. The van der Waals surface area contributed by atoms with Gasteiger partial charge in [-0.2, -0.15) is 0 Å². The average Bonchev–Trinajstić information content (AvgIpc) is 2.70. The number of aryl methyl sites for hydroxylation is 1. The van der Waals surface area contributed by atoms with Gasteiger partial charge in [-0.25, -0.2) is 4.79 Å². The van der Waals surface area contributed by atoms with Crippen LogP contribution in [0.3, 0.4) is 0 Å². The van der Waals surface area contributed by atoms with Gasteiger partial charge in [0.15, 0.2) is 0 Å². The monoisotopic (exact) mass is 364 g/mol. The maximum Gasteiger partial charge on any atom is 0.410 e. The number of ether oxygens (including phenoxy) is 1. The molecule has 2 aromatic rings. The third-order valence-corrected chi connectivity index (χ3v) is 4.51. The van der Waals surface area contributed by atoms with Crippen LogP contribution < -0.4 is 0 Å². The minimum absolute atomic E-state index is 0.231. The van der Waals surface area contributed by atoms with Gasteiger partial charge in [-0.15, -0.1) is 0 Å². The first-order chi connectivity index (χ1) is 10.3. The summed E-state index contributed by atoms with van der Waals surface area (Å²) in [7, 11) is 2.10. The Balaban J connectivity index is 1.95. The molecule has 0 atom stereocenters. The summed E-state index contributed by atoms with van der Waals surface area (Å²) in [4.78, 5) is 14.1. The molecule has 0 aliphatic carbocycles. The molecule has 0 radical (unpaired) electrons. The number of carbonyl (C=O) groups excluding carboxylic acids is 1. The summed E-state index contributed by atoms with van der Waals surface area (Å²) in [6.45, 7) is 7.01. The van der Waals surface area contributed by atoms with Crippen molar-refractivity contribution in [2.45, 2.75) is 39.3 Å². The van der Waals surface area contributed by atoms with Crippen LogP contribution in [-0.2, 0) is 24.8 Å². The number of carbonyl (C=O) groups is 1. The van der Waals surface area contributed by atoms with E-state index in [1.807, 2.05) is 20.8 Å². The first-order valence-corrected chi connectivity index (χ1v) is 8.29. The van der Waals surface area contributed by atoms with Gasteiger partial charge in [-0.05, 0) is 39.0 Å². The van der Waals surface area contributed by atoms with Gasteiger partial charge in [0.05, 0.1) is 6.54 Å². The molecule has 3 rings (SSSR count). The van der Waals surface area contributed by atoms with Crippen LogP contribution in [0.2, 0.25) is 0 Å². The number of fused-ring (bicyclic) bond motifs is 3. The van der Waals surface area contributed by atoms with Gasteiger partial charge in [0.25, 0.3) is 0 Å². The van der Waals surface area contributed by atoms with Crippen molar-refractivity contribution in [3.05, 3.63) is 33.9 Å². The molecule has 0 N–H and O–H groups in total. The Kier molecular flexibility index (Phi) is 3.71. The SMILES string of the molecule is Cn1c2c(c3cc(Br)ccc31)CN(C(=O)OC(C)(C)C)CC2. The molecule has 0 spiro atoms. The molecule has 1 amide bonds. The molecule has 1 aliphatic rings. The third kappa shape index (κ3) is 2.74. The van der Waals surface area contributed by atoms with Crippen LogP contribution in [0.5, 0.6) is 0 Å². The van der Waals surface area contributed by atoms with Gasteiger partial charge in [-0.1, -0.05) is 15.9 Å². The summed E-state index contributed by atoms with van der Waals surface area (Å²) in [5, 5.41) is 1.21. The van der Waals surface area contributed by atoms with E-state index in [1.54, 1.807) is 4.90 Å². The van der Waals surface area contributed by atoms with E-state index >= 15 is 0 Å². The fourth-order valence-corrected chi connectivity index (χ4v) is 3.39. The quantitative estimate of drug-likeness (QED) is 0.700. The van der Waals surface area contributed by atoms with E-state index < -0.39 is 5.60 Å². The zero-order valence-electron chi connectivity index (χ0n) is 13.4. The van der Waals surface area contributed by atoms with Crippen molar-refractivity contribution in [1.29, 1.82) is 0 Å². The molecule has 1 aliphatic heterocycles. The second-order valence-corrected chi connectivity index (χ2v) is 7.71. The van der Waals surface area contributed by atoms with E-state index in [4.69, 9.17) is 4.74 Å². The maximum absolute atomic E-state index is 12.3. The number of hydrogen-bond donors (Lipinski definition) is 0. The average molecular weight is 365 g/mol. The lowest BCUT2D eigenvalue weighted by Gasteiger charge is -2.30. The first-order valence-electron chi connectivity index (χ1n) is 7.50. The molecule has 0 bridgehead atoms. The predicted octanol–water partition coefficient (Wildman–Crippen LogP) is 4.23. The Morgan fingerprint density at radius 2 is 2.05 bits per heavy atom. The van der Waals surface area contributed by atoms with E-state index in [0.717, 1.165) is 10.9 Å². The molecule has 4 nitrogen and oxygen atoms in total. The number of benzene rings is 1. The van der Waals surface area contributed by atoms with Crippen molar-refractivity contribution in [3.63, 3.8) is 0 Å².